The fourth-order valence-corrected chi connectivity index (χ4v) is 2.83. The first-order valence-electron chi connectivity index (χ1n) is 7.37. The van der Waals surface area contributed by atoms with Gasteiger partial charge in [-0.3, -0.25) is 0 Å². The van der Waals surface area contributed by atoms with E-state index in [1.54, 1.807) is 11.2 Å². The number of aromatic nitrogens is 1. The van der Waals surface area contributed by atoms with Crippen molar-refractivity contribution in [2.45, 2.75) is 19.9 Å². The van der Waals surface area contributed by atoms with Crippen LogP contribution in [0.5, 0.6) is 0 Å². The van der Waals surface area contributed by atoms with Gasteiger partial charge in [0.1, 0.15) is 5.82 Å². The zero-order valence-electron chi connectivity index (χ0n) is 12.5. The van der Waals surface area contributed by atoms with Crippen molar-refractivity contribution in [3.05, 3.63) is 47.9 Å². The highest BCUT2D eigenvalue weighted by atomic mass is 15.4. The third-order valence-electron chi connectivity index (χ3n) is 4.27. The average molecular weight is 285 g/mol. The lowest BCUT2D eigenvalue weighted by molar-refractivity contribution is 0.383. The number of nitrogens with zero attached hydrogens (tertiary/aromatic N) is 3. The lowest BCUT2D eigenvalue weighted by Crippen LogP contribution is -2.26. The molecule has 1 aromatic heterocycles. The molecule has 0 radical (unpaired) electrons. The Labute approximate surface area is 125 Å². The van der Waals surface area contributed by atoms with Gasteiger partial charge in [0, 0.05) is 25.5 Å². The van der Waals surface area contributed by atoms with Crippen molar-refractivity contribution in [1.82, 2.24) is 9.99 Å². The Bertz CT molecular complexity index is 553. The van der Waals surface area contributed by atoms with Gasteiger partial charge < -0.3 is 15.6 Å². The summed E-state index contributed by atoms with van der Waals surface area (Å²) in [6.45, 7) is 8.55. The molecule has 0 amide bonds. The third-order valence-corrected chi connectivity index (χ3v) is 4.27. The van der Waals surface area contributed by atoms with E-state index in [1.165, 1.54) is 6.42 Å². The molecule has 1 saturated heterocycles. The Morgan fingerprint density at radius 1 is 1.48 bits per heavy atom. The quantitative estimate of drug-likeness (QED) is 0.488. The number of piperidine rings is 1. The Morgan fingerprint density at radius 3 is 2.76 bits per heavy atom. The number of allylic oxidation sites excluding steroid dienone is 1. The zero-order chi connectivity index (χ0) is 15.0. The van der Waals surface area contributed by atoms with Gasteiger partial charge in [-0.05, 0) is 42.4 Å². The Balaban J connectivity index is 1.59. The fraction of sp³-hybridized carbons (Fsp3) is 0.438. The van der Waals surface area contributed by atoms with Crippen LogP contribution in [-0.2, 0) is 6.54 Å². The molecule has 1 saturated carbocycles. The van der Waals surface area contributed by atoms with E-state index in [1.807, 2.05) is 13.1 Å². The SMILES string of the molecule is C=C(C)/C(N)=C/N(N)Cc1ccc(N2CC3CC3C2)nc1. The van der Waals surface area contributed by atoms with Gasteiger partial charge in [-0.1, -0.05) is 12.6 Å². The molecule has 1 aromatic rings. The molecule has 1 aliphatic carbocycles. The molecule has 4 N–H and O–H groups in total. The summed E-state index contributed by atoms with van der Waals surface area (Å²) < 4.78 is 0. The van der Waals surface area contributed by atoms with E-state index in [9.17, 15) is 0 Å². The van der Waals surface area contributed by atoms with Crippen LogP contribution in [0.1, 0.15) is 18.9 Å². The van der Waals surface area contributed by atoms with Crippen LogP contribution in [0.4, 0.5) is 5.82 Å². The van der Waals surface area contributed by atoms with Gasteiger partial charge in [0.2, 0.25) is 0 Å². The molecule has 5 heteroatoms. The predicted octanol–water partition coefficient (Wildman–Crippen LogP) is 1.59. The Kier molecular flexibility index (Phi) is 3.59. The smallest absolute Gasteiger partial charge is 0.128 e. The molecule has 2 fully saturated rings. The van der Waals surface area contributed by atoms with Gasteiger partial charge in [0.25, 0.3) is 0 Å². The molecule has 3 rings (SSSR count). The number of pyridine rings is 1. The Hall–Kier alpha value is -2.01. The number of fused-ring (bicyclic) bond motifs is 1. The molecule has 0 aromatic carbocycles. The molecule has 0 bridgehead atoms. The predicted molar refractivity (Wildman–Crippen MR) is 84.9 cm³/mol. The highest BCUT2D eigenvalue weighted by molar-refractivity contribution is 5.42. The van der Waals surface area contributed by atoms with E-state index in [0.29, 0.717) is 12.2 Å². The topological polar surface area (TPSA) is 71.4 Å². The van der Waals surface area contributed by atoms with Crippen molar-refractivity contribution in [2.24, 2.45) is 23.4 Å². The molecule has 112 valence electrons. The number of rotatable bonds is 5. The van der Waals surface area contributed by atoms with Crippen molar-refractivity contribution in [2.75, 3.05) is 18.0 Å². The van der Waals surface area contributed by atoms with Gasteiger partial charge >= 0.3 is 0 Å². The second kappa shape index (κ2) is 5.41. The van der Waals surface area contributed by atoms with Crippen LogP contribution in [0.15, 0.2) is 42.4 Å². The summed E-state index contributed by atoms with van der Waals surface area (Å²) in [6.07, 6.45) is 5.00. The standard InChI is InChI=1S/C16H23N5/c1-11(2)15(17)10-21(18)7-12-3-4-16(19-6-12)20-8-13-5-14(13)9-20/h3-4,6,10,13-14H,1,5,7-9,17-18H2,2H3/b15-10-. The average Bonchev–Trinajstić information content (AvgIpc) is 3.05. The van der Waals surface area contributed by atoms with Crippen molar-refractivity contribution < 1.29 is 0 Å². The molecule has 0 spiro atoms. The highest BCUT2D eigenvalue weighted by Gasteiger charge is 2.45. The van der Waals surface area contributed by atoms with Crippen LogP contribution >= 0.6 is 0 Å². The van der Waals surface area contributed by atoms with Crippen molar-refractivity contribution in [3.8, 4) is 0 Å². The van der Waals surface area contributed by atoms with Crippen LogP contribution in [-0.4, -0.2) is 23.1 Å². The molecule has 21 heavy (non-hydrogen) atoms. The first-order valence-corrected chi connectivity index (χ1v) is 7.37. The van der Waals surface area contributed by atoms with E-state index < -0.39 is 0 Å². The largest absolute Gasteiger partial charge is 0.397 e. The van der Waals surface area contributed by atoms with Crippen molar-refractivity contribution in [3.63, 3.8) is 0 Å². The minimum absolute atomic E-state index is 0.576. The summed E-state index contributed by atoms with van der Waals surface area (Å²) in [5.41, 5.74) is 8.29. The normalized spacial score (nSPS) is 23.9. The molecule has 5 nitrogen and oxygen atoms in total. The fourth-order valence-electron chi connectivity index (χ4n) is 2.83. The van der Waals surface area contributed by atoms with Gasteiger partial charge in [0.15, 0.2) is 0 Å². The molecule has 2 aliphatic rings. The first kappa shape index (κ1) is 13.9. The lowest BCUT2D eigenvalue weighted by atomic mass is 10.2. The molecular weight excluding hydrogens is 262 g/mol. The number of anilines is 1. The lowest BCUT2D eigenvalue weighted by Gasteiger charge is -2.20. The maximum Gasteiger partial charge on any atom is 0.128 e. The maximum atomic E-state index is 5.93. The monoisotopic (exact) mass is 285 g/mol. The number of hydrogen-bond donors (Lipinski definition) is 2. The minimum atomic E-state index is 0.576. The second-order valence-electron chi connectivity index (χ2n) is 6.22. The highest BCUT2D eigenvalue weighted by Crippen LogP contribution is 2.45. The summed E-state index contributed by atoms with van der Waals surface area (Å²) in [5, 5.41) is 1.56. The number of hydrogen-bond acceptors (Lipinski definition) is 5. The van der Waals surface area contributed by atoms with E-state index in [2.05, 4.69) is 28.6 Å². The van der Waals surface area contributed by atoms with Crippen LogP contribution in [0.25, 0.3) is 0 Å². The summed E-state index contributed by atoms with van der Waals surface area (Å²) in [4.78, 5) is 6.93. The maximum absolute atomic E-state index is 5.93. The summed E-state index contributed by atoms with van der Waals surface area (Å²) in [6, 6.07) is 4.16. The minimum Gasteiger partial charge on any atom is -0.397 e. The summed E-state index contributed by atoms with van der Waals surface area (Å²) in [5.74, 6) is 8.84. The van der Waals surface area contributed by atoms with E-state index in [0.717, 1.165) is 41.9 Å². The Morgan fingerprint density at radius 2 is 2.19 bits per heavy atom. The number of nitrogens with two attached hydrogens (primary N) is 2. The summed E-state index contributed by atoms with van der Waals surface area (Å²) >= 11 is 0. The second-order valence-corrected chi connectivity index (χ2v) is 6.22. The van der Waals surface area contributed by atoms with Crippen molar-refractivity contribution >= 4 is 5.82 Å². The molecule has 1 aliphatic heterocycles. The number of hydrazine groups is 1. The zero-order valence-corrected chi connectivity index (χ0v) is 12.5. The van der Waals surface area contributed by atoms with E-state index >= 15 is 0 Å². The third kappa shape index (κ3) is 3.19. The van der Waals surface area contributed by atoms with Crippen LogP contribution in [0.3, 0.4) is 0 Å². The molecule has 2 atom stereocenters. The van der Waals surface area contributed by atoms with E-state index in [-0.39, 0.29) is 0 Å². The molecule has 2 unspecified atom stereocenters. The molecule has 2 heterocycles. The van der Waals surface area contributed by atoms with Crippen molar-refractivity contribution in [1.29, 1.82) is 0 Å². The van der Waals surface area contributed by atoms with Gasteiger partial charge in [0.05, 0.1) is 12.2 Å². The summed E-state index contributed by atoms with van der Waals surface area (Å²) in [7, 11) is 0. The van der Waals surface area contributed by atoms with Gasteiger partial charge in [-0.25, -0.2) is 10.8 Å². The van der Waals surface area contributed by atoms with E-state index in [4.69, 9.17) is 11.6 Å². The van der Waals surface area contributed by atoms with Gasteiger partial charge in [-0.15, -0.1) is 0 Å². The van der Waals surface area contributed by atoms with Crippen LogP contribution in [0, 0.1) is 11.8 Å². The van der Waals surface area contributed by atoms with Gasteiger partial charge in [-0.2, -0.15) is 0 Å². The van der Waals surface area contributed by atoms with Crippen LogP contribution < -0.4 is 16.5 Å². The van der Waals surface area contributed by atoms with Crippen LogP contribution in [0.2, 0.25) is 0 Å². The molecular formula is C16H23N5. The first-order chi connectivity index (χ1) is 10.0.